The number of phenolic OH excluding ortho intramolecular Hbond substituents is 1. The van der Waals surface area contributed by atoms with E-state index in [2.05, 4.69) is 0 Å². The minimum atomic E-state index is 0.106. The van der Waals surface area contributed by atoms with E-state index in [0.29, 0.717) is 10.8 Å². The lowest BCUT2D eigenvalue weighted by Crippen LogP contribution is -2.31. The summed E-state index contributed by atoms with van der Waals surface area (Å²) in [5, 5.41) is 10.1. The predicted octanol–water partition coefficient (Wildman–Crippen LogP) is 4.50. The van der Waals surface area contributed by atoms with E-state index in [1.165, 1.54) is 11.8 Å². The number of rotatable bonds is 4. The number of carbonyl (C=O) groups excluding carboxylic acids is 1. The summed E-state index contributed by atoms with van der Waals surface area (Å²) in [5.74, 6) is 0.766. The fourth-order valence-corrected chi connectivity index (χ4v) is 4.02. The largest absolute Gasteiger partial charge is 0.508 e. The molecule has 120 valence electrons. The van der Waals surface area contributed by atoms with Crippen LogP contribution in [0.2, 0.25) is 5.02 Å². The van der Waals surface area contributed by atoms with Crippen molar-refractivity contribution >= 4 is 29.3 Å². The van der Waals surface area contributed by atoms with Gasteiger partial charge in [0.2, 0.25) is 5.91 Å². The maximum atomic E-state index is 12.6. The number of benzene rings is 2. The van der Waals surface area contributed by atoms with Crippen molar-refractivity contribution in [1.29, 1.82) is 0 Å². The predicted molar refractivity (Wildman–Crippen MR) is 94.0 cm³/mol. The summed E-state index contributed by atoms with van der Waals surface area (Å²) in [6.45, 7) is 0.785. The Morgan fingerprint density at radius 2 is 1.96 bits per heavy atom. The minimum Gasteiger partial charge on any atom is -0.508 e. The molecule has 5 heteroatoms. The Bertz CT molecular complexity index is 690. The molecule has 2 aromatic rings. The van der Waals surface area contributed by atoms with Crippen LogP contribution in [0.25, 0.3) is 0 Å². The number of nitrogens with zero attached hydrogens (tertiary/aromatic N) is 1. The summed E-state index contributed by atoms with van der Waals surface area (Å²) in [7, 11) is 0. The highest BCUT2D eigenvalue weighted by Crippen LogP contribution is 2.34. The van der Waals surface area contributed by atoms with E-state index in [4.69, 9.17) is 11.6 Å². The third-order valence-electron chi connectivity index (χ3n) is 4.04. The molecule has 3 rings (SSSR count). The van der Waals surface area contributed by atoms with E-state index in [1.54, 1.807) is 12.1 Å². The van der Waals surface area contributed by atoms with Gasteiger partial charge in [-0.1, -0.05) is 35.9 Å². The molecule has 0 radical (unpaired) electrons. The topological polar surface area (TPSA) is 40.5 Å². The van der Waals surface area contributed by atoms with Crippen molar-refractivity contribution in [3.05, 3.63) is 59.1 Å². The van der Waals surface area contributed by atoms with Crippen LogP contribution in [-0.2, 0) is 4.79 Å². The van der Waals surface area contributed by atoms with Gasteiger partial charge in [-0.3, -0.25) is 4.79 Å². The number of likely N-dealkylation sites (tertiary alicyclic amines) is 1. The molecule has 0 saturated carbocycles. The summed E-state index contributed by atoms with van der Waals surface area (Å²) < 4.78 is 0. The Labute approximate surface area is 145 Å². The second kappa shape index (κ2) is 7.28. The van der Waals surface area contributed by atoms with Gasteiger partial charge in [0.1, 0.15) is 5.75 Å². The summed E-state index contributed by atoms with van der Waals surface area (Å²) in [6.07, 6.45) is 1.97. The van der Waals surface area contributed by atoms with E-state index >= 15 is 0 Å². The minimum absolute atomic E-state index is 0.106. The molecule has 1 aliphatic rings. The van der Waals surface area contributed by atoms with Gasteiger partial charge in [-0.25, -0.2) is 0 Å². The van der Waals surface area contributed by atoms with Gasteiger partial charge in [-0.2, -0.15) is 0 Å². The standard InChI is InChI=1S/C18H18ClNO2S/c19-15-4-1-2-6-17(15)23-12-18(22)20-11-3-5-16(20)13-7-9-14(21)10-8-13/h1-2,4,6-10,16,21H,3,5,11-12H2/t16-/m0/s1. The molecule has 0 aromatic heterocycles. The van der Waals surface area contributed by atoms with Crippen LogP contribution < -0.4 is 0 Å². The Morgan fingerprint density at radius 1 is 1.22 bits per heavy atom. The molecule has 1 aliphatic heterocycles. The summed E-state index contributed by atoms with van der Waals surface area (Å²) in [6, 6.07) is 14.8. The zero-order valence-corrected chi connectivity index (χ0v) is 14.2. The number of phenols is 1. The Hall–Kier alpha value is -1.65. The average Bonchev–Trinajstić information content (AvgIpc) is 3.04. The van der Waals surface area contributed by atoms with Gasteiger partial charge in [0.25, 0.3) is 0 Å². The van der Waals surface area contributed by atoms with Gasteiger partial charge in [0, 0.05) is 11.4 Å². The van der Waals surface area contributed by atoms with E-state index in [0.717, 1.165) is 29.8 Å². The van der Waals surface area contributed by atoms with Crippen molar-refractivity contribution in [1.82, 2.24) is 4.90 Å². The number of hydrogen-bond donors (Lipinski definition) is 1. The lowest BCUT2D eigenvalue weighted by Gasteiger charge is -2.25. The zero-order chi connectivity index (χ0) is 16.2. The lowest BCUT2D eigenvalue weighted by atomic mass is 10.0. The van der Waals surface area contributed by atoms with Crippen molar-refractivity contribution in [3.63, 3.8) is 0 Å². The van der Waals surface area contributed by atoms with E-state index in [9.17, 15) is 9.90 Å². The number of amides is 1. The fraction of sp³-hybridized carbons (Fsp3) is 0.278. The smallest absolute Gasteiger partial charge is 0.233 e. The van der Waals surface area contributed by atoms with Gasteiger partial charge in [0.15, 0.2) is 0 Å². The molecule has 1 N–H and O–H groups in total. The normalized spacial score (nSPS) is 17.4. The van der Waals surface area contributed by atoms with Crippen LogP contribution in [0, 0.1) is 0 Å². The molecular formula is C18H18ClNO2S. The van der Waals surface area contributed by atoms with Crippen LogP contribution in [0.4, 0.5) is 0 Å². The van der Waals surface area contributed by atoms with Gasteiger partial charge in [0.05, 0.1) is 16.8 Å². The second-order valence-corrected chi connectivity index (χ2v) is 6.98. The molecule has 0 bridgehead atoms. The number of thioether (sulfide) groups is 1. The summed E-state index contributed by atoms with van der Waals surface area (Å²) in [4.78, 5) is 15.5. The number of halogens is 1. The SMILES string of the molecule is O=C(CSc1ccccc1Cl)N1CCC[C@H]1c1ccc(O)cc1. The molecular weight excluding hydrogens is 330 g/mol. The van der Waals surface area contributed by atoms with Crippen LogP contribution in [0.5, 0.6) is 5.75 Å². The Morgan fingerprint density at radius 3 is 2.70 bits per heavy atom. The molecule has 1 saturated heterocycles. The molecule has 1 amide bonds. The zero-order valence-electron chi connectivity index (χ0n) is 12.6. The second-order valence-electron chi connectivity index (χ2n) is 5.56. The molecule has 1 fully saturated rings. The van der Waals surface area contributed by atoms with E-state index in [-0.39, 0.29) is 17.7 Å². The molecule has 0 spiro atoms. The quantitative estimate of drug-likeness (QED) is 0.828. The highest BCUT2D eigenvalue weighted by molar-refractivity contribution is 8.00. The van der Waals surface area contributed by atoms with Crippen LogP contribution in [0.3, 0.4) is 0 Å². The molecule has 1 heterocycles. The van der Waals surface area contributed by atoms with Gasteiger partial charge >= 0.3 is 0 Å². The number of aromatic hydroxyl groups is 1. The molecule has 0 aliphatic carbocycles. The Kier molecular flexibility index (Phi) is 5.13. The molecule has 23 heavy (non-hydrogen) atoms. The molecule has 1 atom stereocenters. The lowest BCUT2D eigenvalue weighted by molar-refractivity contribution is -0.129. The summed E-state index contributed by atoms with van der Waals surface area (Å²) in [5.41, 5.74) is 1.08. The third-order valence-corrected chi connectivity index (χ3v) is 5.54. The maximum Gasteiger partial charge on any atom is 0.233 e. The van der Waals surface area contributed by atoms with Gasteiger partial charge in [-0.05, 0) is 42.7 Å². The monoisotopic (exact) mass is 347 g/mol. The highest BCUT2D eigenvalue weighted by Gasteiger charge is 2.29. The van der Waals surface area contributed by atoms with Crippen molar-refractivity contribution in [2.75, 3.05) is 12.3 Å². The first-order valence-electron chi connectivity index (χ1n) is 7.61. The van der Waals surface area contributed by atoms with Gasteiger partial charge in [-0.15, -0.1) is 11.8 Å². The van der Waals surface area contributed by atoms with Crippen molar-refractivity contribution < 1.29 is 9.90 Å². The Balaban J connectivity index is 1.66. The summed E-state index contributed by atoms with van der Waals surface area (Å²) >= 11 is 7.62. The highest BCUT2D eigenvalue weighted by atomic mass is 35.5. The first kappa shape index (κ1) is 16.2. The van der Waals surface area contributed by atoms with Crippen LogP contribution in [-0.4, -0.2) is 28.2 Å². The molecule has 3 nitrogen and oxygen atoms in total. The number of carbonyl (C=O) groups is 1. The molecule has 0 unspecified atom stereocenters. The van der Waals surface area contributed by atoms with Gasteiger partial charge < -0.3 is 10.0 Å². The molecule has 2 aromatic carbocycles. The first-order valence-corrected chi connectivity index (χ1v) is 8.97. The van der Waals surface area contributed by atoms with E-state index in [1.807, 2.05) is 41.3 Å². The van der Waals surface area contributed by atoms with Crippen molar-refractivity contribution in [2.45, 2.75) is 23.8 Å². The van der Waals surface area contributed by atoms with Crippen molar-refractivity contribution in [3.8, 4) is 5.75 Å². The van der Waals surface area contributed by atoms with Crippen LogP contribution in [0.1, 0.15) is 24.4 Å². The third kappa shape index (κ3) is 3.82. The average molecular weight is 348 g/mol. The number of hydrogen-bond acceptors (Lipinski definition) is 3. The van der Waals surface area contributed by atoms with Crippen LogP contribution >= 0.6 is 23.4 Å². The fourth-order valence-electron chi connectivity index (χ4n) is 2.89. The maximum absolute atomic E-state index is 12.6. The first-order chi connectivity index (χ1) is 11.1. The van der Waals surface area contributed by atoms with Crippen molar-refractivity contribution in [2.24, 2.45) is 0 Å². The van der Waals surface area contributed by atoms with E-state index < -0.39 is 0 Å². The van der Waals surface area contributed by atoms with Crippen LogP contribution in [0.15, 0.2) is 53.4 Å².